The first-order valence-corrected chi connectivity index (χ1v) is 17.9. The summed E-state index contributed by atoms with van der Waals surface area (Å²) in [7, 11) is 2.19. The highest BCUT2D eigenvalue weighted by Gasteiger charge is 2.54. The molecule has 1 saturated carbocycles. The molecule has 254 valence electrons. The second-order valence-corrected chi connectivity index (χ2v) is 15.8. The predicted molar refractivity (Wildman–Crippen MR) is 189 cm³/mol. The molecule has 1 atom stereocenters. The molecule has 47 heavy (non-hydrogen) atoms. The number of ether oxygens (including phenoxy) is 1. The van der Waals surface area contributed by atoms with Crippen LogP contribution < -0.4 is 4.90 Å². The summed E-state index contributed by atoms with van der Waals surface area (Å²) in [6, 6.07) is 2.80. The van der Waals surface area contributed by atoms with Gasteiger partial charge in [0.05, 0.1) is 41.0 Å². The van der Waals surface area contributed by atoms with E-state index in [9.17, 15) is 4.79 Å². The number of nitrogens with zero attached hydrogens (tertiary/aromatic N) is 7. The third-order valence-corrected chi connectivity index (χ3v) is 12.1. The highest BCUT2D eigenvalue weighted by molar-refractivity contribution is 6.45. The van der Waals surface area contributed by atoms with Gasteiger partial charge in [0, 0.05) is 85.0 Å². The van der Waals surface area contributed by atoms with E-state index in [0.29, 0.717) is 22.1 Å². The number of hydrogen-bond acceptors (Lipinski definition) is 7. The molecule has 1 amide bonds. The van der Waals surface area contributed by atoms with E-state index in [4.69, 9.17) is 33.0 Å². The molecule has 5 aliphatic rings. The summed E-state index contributed by atoms with van der Waals surface area (Å²) >= 11 is 13.5. The van der Waals surface area contributed by atoms with E-state index in [2.05, 4.69) is 64.0 Å². The van der Waals surface area contributed by atoms with Crippen molar-refractivity contribution in [2.24, 2.45) is 5.41 Å². The maximum absolute atomic E-state index is 12.0. The van der Waals surface area contributed by atoms with Crippen molar-refractivity contribution in [3.63, 3.8) is 0 Å². The van der Waals surface area contributed by atoms with Gasteiger partial charge in [-0.15, -0.1) is 0 Å². The van der Waals surface area contributed by atoms with Crippen molar-refractivity contribution in [2.45, 2.75) is 70.5 Å². The molecule has 10 nitrogen and oxygen atoms in total. The second-order valence-electron chi connectivity index (χ2n) is 15.0. The van der Waals surface area contributed by atoms with E-state index < -0.39 is 0 Å². The first-order valence-electron chi connectivity index (χ1n) is 17.1. The zero-order chi connectivity index (χ0) is 33.1. The number of carbonyl (C=O) groups is 1. The maximum Gasteiger partial charge on any atom is 0.245 e. The van der Waals surface area contributed by atoms with Crippen LogP contribution in [0.3, 0.4) is 0 Å². The minimum atomic E-state index is -0.0143. The van der Waals surface area contributed by atoms with E-state index in [1.54, 1.807) is 0 Å². The number of anilines is 1. The molecule has 0 radical (unpaired) electrons. The summed E-state index contributed by atoms with van der Waals surface area (Å²) < 4.78 is 7.63. The van der Waals surface area contributed by atoms with Crippen molar-refractivity contribution >= 4 is 45.8 Å². The summed E-state index contributed by atoms with van der Waals surface area (Å²) in [6.07, 6.45) is 8.73. The average molecular weight is 684 g/mol. The van der Waals surface area contributed by atoms with Crippen molar-refractivity contribution in [2.75, 3.05) is 71.0 Å². The molecule has 4 saturated heterocycles. The summed E-state index contributed by atoms with van der Waals surface area (Å²) in [5.74, 6) is 0.998. The number of halogens is 2. The predicted octanol–water partition coefficient (Wildman–Crippen LogP) is 5.79. The van der Waals surface area contributed by atoms with Crippen LogP contribution in [0.5, 0.6) is 0 Å². The maximum atomic E-state index is 12.0. The number of H-pyrrole nitrogens is 1. The number of likely N-dealkylation sites (N-methyl/N-ethyl adjacent to an activating group) is 1. The minimum Gasteiger partial charge on any atom is -0.378 e. The lowest BCUT2D eigenvalue weighted by atomic mass is 9.60. The van der Waals surface area contributed by atoms with Gasteiger partial charge in [0.15, 0.2) is 5.82 Å². The van der Waals surface area contributed by atoms with E-state index in [0.717, 1.165) is 98.6 Å². The molecule has 6 heterocycles. The number of likely N-dealkylation sites (tertiary alicyclic amines) is 1. The molecular formula is C35H48Cl2N8O2. The van der Waals surface area contributed by atoms with Gasteiger partial charge in [-0.05, 0) is 72.1 Å². The Morgan fingerprint density at radius 3 is 2.64 bits per heavy atom. The number of fused-ring (bicyclic) bond motifs is 2. The van der Waals surface area contributed by atoms with Gasteiger partial charge in [0.25, 0.3) is 0 Å². The van der Waals surface area contributed by atoms with E-state index in [1.807, 2.05) is 17.2 Å². The van der Waals surface area contributed by atoms with Crippen molar-refractivity contribution in [3.8, 4) is 11.1 Å². The van der Waals surface area contributed by atoms with Crippen molar-refractivity contribution < 1.29 is 9.53 Å². The van der Waals surface area contributed by atoms with Crippen LogP contribution in [0.15, 0.2) is 24.9 Å². The fourth-order valence-corrected chi connectivity index (χ4v) is 9.05. The molecule has 1 aromatic carbocycles. The monoisotopic (exact) mass is 682 g/mol. The SMILES string of the molecule is C=CC(=O)N1CC2(CC(n3nc(N4CCCCC4(C)C)c(-c4c(Cl)c(Cl)cc5[nH]ncc45)c3C)C2)C1.CN1CCN2CCOCC2C1. The first kappa shape index (κ1) is 32.9. The topological polar surface area (TPSA) is 85.8 Å². The molecule has 5 fully saturated rings. The zero-order valence-electron chi connectivity index (χ0n) is 28.2. The molecule has 2 aromatic heterocycles. The van der Waals surface area contributed by atoms with Gasteiger partial charge >= 0.3 is 0 Å². The summed E-state index contributed by atoms with van der Waals surface area (Å²) in [5.41, 5.74) is 4.09. The van der Waals surface area contributed by atoms with Crippen LogP contribution in [0.1, 0.15) is 57.7 Å². The Hall–Kier alpha value is -2.63. The Morgan fingerprint density at radius 2 is 1.89 bits per heavy atom. The lowest BCUT2D eigenvalue weighted by molar-refractivity contribution is -0.149. The average Bonchev–Trinajstić information content (AvgIpc) is 3.60. The number of aromatic amines is 1. The molecule has 1 unspecified atom stereocenters. The Labute approximate surface area is 288 Å². The Kier molecular flexibility index (Phi) is 8.87. The molecule has 1 N–H and O–H groups in total. The number of amides is 1. The Morgan fingerprint density at radius 1 is 1.11 bits per heavy atom. The molecule has 3 aromatic rings. The highest BCUT2D eigenvalue weighted by Crippen LogP contribution is 2.56. The van der Waals surface area contributed by atoms with E-state index in [1.165, 1.54) is 32.1 Å². The molecule has 8 rings (SSSR count). The lowest BCUT2D eigenvalue weighted by Crippen LogP contribution is -2.63. The quantitative estimate of drug-likeness (QED) is 0.349. The van der Waals surface area contributed by atoms with Crippen LogP contribution >= 0.6 is 23.2 Å². The number of piperidine rings is 1. The fraction of sp³-hybridized carbons (Fsp3) is 0.629. The Balaban J connectivity index is 0.000000269. The Bertz CT molecular complexity index is 1650. The molecule has 4 aliphatic heterocycles. The van der Waals surface area contributed by atoms with E-state index >= 15 is 0 Å². The van der Waals surface area contributed by atoms with Crippen LogP contribution in [-0.2, 0) is 9.53 Å². The lowest BCUT2D eigenvalue weighted by Gasteiger charge is -2.58. The number of morpholine rings is 1. The summed E-state index contributed by atoms with van der Waals surface area (Å²) in [4.78, 5) is 21.2. The number of carbonyl (C=O) groups excluding carboxylic acids is 1. The van der Waals surface area contributed by atoms with Crippen molar-refractivity contribution in [1.82, 2.24) is 34.7 Å². The van der Waals surface area contributed by atoms with Gasteiger partial charge in [-0.1, -0.05) is 29.8 Å². The van der Waals surface area contributed by atoms with Crippen molar-refractivity contribution in [3.05, 3.63) is 40.7 Å². The largest absolute Gasteiger partial charge is 0.378 e. The van der Waals surface area contributed by atoms with Crippen LogP contribution in [0.4, 0.5) is 5.82 Å². The molecule has 12 heteroatoms. The fourth-order valence-electron chi connectivity index (χ4n) is 8.60. The smallest absolute Gasteiger partial charge is 0.245 e. The van der Waals surface area contributed by atoms with Crippen LogP contribution in [-0.4, -0.2) is 118 Å². The molecule has 1 aliphatic carbocycles. The second kappa shape index (κ2) is 12.7. The van der Waals surface area contributed by atoms with Gasteiger partial charge in [-0.2, -0.15) is 10.2 Å². The van der Waals surface area contributed by atoms with Gasteiger partial charge in [-0.3, -0.25) is 19.5 Å². The van der Waals surface area contributed by atoms with Crippen LogP contribution in [0, 0.1) is 12.3 Å². The van der Waals surface area contributed by atoms with Gasteiger partial charge in [-0.25, -0.2) is 0 Å². The first-order chi connectivity index (χ1) is 22.5. The third kappa shape index (κ3) is 5.98. The van der Waals surface area contributed by atoms with Crippen molar-refractivity contribution in [1.29, 1.82) is 0 Å². The van der Waals surface area contributed by atoms with Crippen LogP contribution in [0.2, 0.25) is 10.0 Å². The molecule has 0 bridgehead atoms. The normalized spacial score (nSPS) is 24.3. The number of benzene rings is 1. The summed E-state index contributed by atoms with van der Waals surface area (Å²) in [5, 5.41) is 14.6. The van der Waals surface area contributed by atoms with E-state index in [-0.39, 0.29) is 16.9 Å². The summed E-state index contributed by atoms with van der Waals surface area (Å²) in [6.45, 7) is 19.6. The number of piperazine rings is 1. The molecular weight excluding hydrogens is 635 g/mol. The van der Waals surface area contributed by atoms with Gasteiger partial charge in [0.2, 0.25) is 5.91 Å². The van der Waals surface area contributed by atoms with Gasteiger partial charge < -0.3 is 19.4 Å². The standard InChI is InChI=1S/C27H32Cl2N6O.C8H16N2O/c1-5-21(36)33-14-27(15-33)11-17(12-27)35-16(2)22(25(32-35)34-9-7-6-8-26(34,3)4)23-18-13-30-31-20(18)10-19(28)24(23)29;1-9-2-3-10-4-5-11-7-8(10)6-9/h5,10,13,17H,1,6-9,11-12,14-15H2,2-4H3,(H,30,31);8H,2-7H2,1H3. The van der Waals surface area contributed by atoms with Crippen LogP contribution in [0.25, 0.3) is 22.0 Å². The number of hydrogen-bond donors (Lipinski definition) is 1. The zero-order valence-corrected chi connectivity index (χ0v) is 29.7. The number of aromatic nitrogens is 4. The molecule has 1 spiro atoms. The third-order valence-electron chi connectivity index (χ3n) is 11.3. The number of nitrogens with one attached hydrogen (secondary N) is 1. The highest BCUT2D eigenvalue weighted by atomic mass is 35.5. The minimum absolute atomic E-state index is 0.0143. The number of rotatable bonds is 4. The van der Waals surface area contributed by atoms with Gasteiger partial charge in [0.1, 0.15) is 0 Å².